The highest BCUT2D eigenvalue weighted by atomic mass is 16.3. The molecule has 0 bridgehead atoms. The Morgan fingerprint density at radius 1 is 1.35 bits per heavy atom. The summed E-state index contributed by atoms with van der Waals surface area (Å²) in [6, 6.07) is 1.94. The summed E-state index contributed by atoms with van der Waals surface area (Å²) in [5, 5.41) is 11.9. The molecule has 0 aliphatic carbocycles. The van der Waals surface area contributed by atoms with Crippen LogP contribution in [-0.2, 0) is 6.42 Å². The van der Waals surface area contributed by atoms with Crippen molar-refractivity contribution in [2.24, 2.45) is 0 Å². The number of aromatic nitrogens is 2. The average molecular weight is 238 g/mol. The molecule has 5 heteroatoms. The van der Waals surface area contributed by atoms with Gasteiger partial charge in [0.1, 0.15) is 17.5 Å². The molecule has 5 nitrogen and oxygen atoms in total. The minimum absolute atomic E-state index is 0.209. The Bertz CT molecular complexity index is 321. The van der Waals surface area contributed by atoms with Crippen molar-refractivity contribution in [1.29, 1.82) is 0 Å². The molecular formula is C12H22N4O. The molecule has 0 amide bonds. The van der Waals surface area contributed by atoms with Gasteiger partial charge in [-0.25, -0.2) is 9.97 Å². The highest BCUT2D eigenvalue weighted by molar-refractivity contribution is 5.49. The van der Waals surface area contributed by atoms with E-state index in [1.165, 1.54) is 0 Å². The van der Waals surface area contributed by atoms with Crippen LogP contribution in [0.4, 0.5) is 11.6 Å². The van der Waals surface area contributed by atoms with Crippen LogP contribution in [0.25, 0.3) is 0 Å². The number of hydrogen-bond donors (Lipinski definition) is 2. The van der Waals surface area contributed by atoms with Crippen LogP contribution in [0.15, 0.2) is 6.07 Å². The van der Waals surface area contributed by atoms with Gasteiger partial charge < -0.3 is 15.3 Å². The maximum atomic E-state index is 8.89. The number of nitrogens with one attached hydrogen (secondary N) is 1. The molecule has 0 saturated heterocycles. The highest BCUT2D eigenvalue weighted by Crippen LogP contribution is 2.16. The van der Waals surface area contributed by atoms with E-state index in [2.05, 4.69) is 27.1 Å². The predicted octanol–water partition coefficient (Wildman–Crippen LogP) is 1.29. The van der Waals surface area contributed by atoms with Crippen LogP contribution in [0.3, 0.4) is 0 Å². The van der Waals surface area contributed by atoms with Crippen molar-refractivity contribution in [2.45, 2.75) is 26.7 Å². The van der Waals surface area contributed by atoms with Crippen molar-refractivity contribution in [3.05, 3.63) is 11.9 Å². The summed E-state index contributed by atoms with van der Waals surface area (Å²) in [4.78, 5) is 11.0. The second-order valence-corrected chi connectivity index (χ2v) is 3.79. The van der Waals surface area contributed by atoms with E-state index in [-0.39, 0.29) is 6.61 Å². The van der Waals surface area contributed by atoms with Crippen molar-refractivity contribution < 1.29 is 5.11 Å². The first-order valence-corrected chi connectivity index (χ1v) is 6.16. The van der Waals surface area contributed by atoms with Gasteiger partial charge in [-0.2, -0.15) is 0 Å². The minimum Gasteiger partial charge on any atom is -0.396 e. The van der Waals surface area contributed by atoms with Crippen LogP contribution in [0.2, 0.25) is 0 Å². The van der Waals surface area contributed by atoms with E-state index in [4.69, 9.17) is 5.11 Å². The largest absolute Gasteiger partial charge is 0.396 e. The van der Waals surface area contributed by atoms with Crippen molar-refractivity contribution >= 4 is 11.6 Å². The molecule has 0 fully saturated rings. The molecule has 96 valence electrons. The first-order valence-electron chi connectivity index (χ1n) is 6.16. The molecule has 0 saturated carbocycles. The lowest BCUT2D eigenvalue weighted by molar-refractivity contribution is 0.289. The smallest absolute Gasteiger partial charge is 0.134 e. The Kier molecular flexibility index (Phi) is 5.69. The van der Waals surface area contributed by atoms with Crippen LogP contribution in [0.5, 0.6) is 0 Å². The fourth-order valence-corrected chi connectivity index (χ4v) is 1.63. The monoisotopic (exact) mass is 238 g/mol. The third-order valence-corrected chi connectivity index (χ3v) is 2.62. The van der Waals surface area contributed by atoms with Gasteiger partial charge in [0.15, 0.2) is 0 Å². The molecule has 0 aliphatic rings. The Morgan fingerprint density at radius 3 is 2.65 bits per heavy atom. The Balaban J connectivity index is 2.92. The zero-order chi connectivity index (χ0) is 12.7. The number of aliphatic hydroxyl groups excluding tert-OH is 1. The molecular weight excluding hydrogens is 216 g/mol. The molecule has 1 aromatic rings. The number of aliphatic hydroxyl groups is 1. The number of aryl methyl sites for hydroxylation is 1. The molecule has 1 aromatic heterocycles. The third-order valence-electron chi connectivity index (χ3n) is 2.62. The zero-order valence-corrected chi connectivity index (χ0v) is 10.9. The van der Waals surface area contributed by atoms with E-state index in [9.17, 15) is 0 Å². The molecule has 0 aliphatic heterocycles. The van der Waals surface area contributed by atoms with Gasteiger partial charge in [0.2, 0.25) is 0 Å². The molecule has 0 spiro atoms. The van der Waals surface area contributed by atoms with Gasteiger partial charge in [-0.15, -0.1) is 0 Å². The lowest BCUT2D eigenvalue weighted by atomic mass is 10.3. The fraction of sp³-hybridized carbons (Fsp3) is 0.667. The molecule has 1 rings (SSSR count). The summed E-state index contributed by atoms with van der Waals surface area (Å²) in [6.07, 6.45) is 1.58. The Labute approximate surface area is 103 Å². The van der Waals surface area contributed by atoms with E-state index < -0.39 is 0 Å². The third kappa shape index (κ3) is 3.85. The summed E-state index contributed by atoms with van der Waals surface area (Å²) in [7, 11) is 1.86. The van der Waals surface area contributed by atoms with Crippen molar-refractivity contribution in [2.75, 3.05) is 37.0 Å². The predicted molar refractivity (Wildman–Crippen MR) is 70.5 cm³/mol. The highest BCUT2D eigenvalue weighted by Gasteiger charge is 2.08. The van der Waals surface area contributed by atoms with E-state index >= 15 is 0 Å². The number of hydrogen-bond acceptors (Lipinski definition) is 5. The molecule has 0 radical (unpaired) electrons. The minimum atomic E-state index is 0.209. The SMILES string of the molecule is CCc1nc(NC)cc(N(CC)CCCO)n1. The van der Waals surface area contributed by atoms with Crippen LogP contribution in [-0.4, -0.2) is 41.8 Å². The molecule has 0 atom stereocenters. The molecule has 17 heavy (non-hydrogen) atoms. The van der Waals surface area contributed by atoms with Crippen molar-refractivity contribution in [3.8, 4) is 0 Å². The van der Waals surface area contributed by atoms with Gasteiger partial charge in [-0.3, -0.25) is 0 Å². The average Bonchev–Trinajstić information content (AvgIpc) is 2.39. The number of nitrogens with zero attached hydrogens (tertiary/aromatic N) is 3. The Morgan fingerprint density at radius 2 is 2.12 bits per heavy atom. The van der Waals surface area contributed by atoms with Crippen LogP contribution < -0.4 is 10.2 Å². The lowest BCUT2D eigenvalue weighted by Crippen LogP contribution is -2.26. The van der Waals surface area contributed by atoms with Gasteiger partial charge in [0.25, 0.3) is 0 Å². The Hall–Kier alpha value is -1.36. The molecule has 0 unspecified atom stereocenters. The molecule has 2 N–H and O–H groups in total. The summed E-state index contributed by atoms with van der Waals surface area (Å²) in [5.74, 6) is 2.61. The van der Waals surface area contributed by atoms with E-state index in [1.807, 2.05) is 20.0 Å². The zero-order valence-electron chi connectivity index (χ0n) is 10.9. The van der Waals surface area contributed by atoms with E-state index in [1.54, 1.807) is 0 Å². The second kappa shape index (κ2) is 7.06. The summed E-state index contributed by atoms with van der Waals surface area (Å²) < 4.78 is 0. The second-order valence-electron chi connectivity index (χ2n) is 3.79. The quantitative estimate of drug-likeness (QED) is 0.749. The van der Waals surface area contributed by atoms with Crippen LogP contribution in [0, 0.1) is 0 Å². The van der Waals surface area contributed by atoms with Gasteiger partial charge in [-0.05, 0) is 13.3 Å². The van der Waals surface area contributed by atoms with Gasteiger partial charge >= 0.3 is 0 Å². The first-order chi connectivity index (χ1) is 8.24. The summed E-state index contributed by atoms with van der Waals surface area (Å²) >= 11 is 0. The van der Waals surface area contributed by atoms with Gasteiger partial charge in [0.05, 0.1) is 0 Å². The van der Waals surface area contributed by atoms with Crippen molar-refractivity contribution in [3.63, 3.8) is 0 Å². The van der Waals surface area contributed by atoms with Crippen molar-refractivity contribution in [1.82, 2.24) is 9.97 Å². The standard InChI is InChI=1S/C12H22N4O/c1-4-10-14-11(13-3)9-12(15-10)16(5-2)7-6-8-17/h9,17H,4-8H2,1-3H3,(H,13,14,15). The first kappa shape index (κ1) is 13.7. The summed E-state index contributed by atoms with van der Waals surface area (Å²) in [6.45, 7) is 6.04. The normalized spacial score (nSPS) is 10.4. The van der Waals surface area contributed by atoms with Crippen LogP contribution >= 0.6 is 0 Å². The number of anilines is 2. The fourth-order valence-electron chi connectivity index (χ4n) is 1.63. The van der Waals surface area contributed by atoms with Gasteiger partial charge in [-0.1, -0.05) is 6.92 Å². The van der Waals surface area contributed by atoms with E-state index in [0.717, 1.165) is 43.4 Å². The maximum Gasteiger partial charge on any atom is 0.134 e. The topological polar surface area (TPSA) is 61.3 Å². The number of rotatable bonds is 7. The molecule has 0 aromatic carbocycles. The van der Waals surface area contributed by atoms with Crippen LogP contribution in [0.1, 0.15) is 26.1 Å². The maximum absolute atomic E-state index is 8.89. The lowest BCUT2D eigenvalue weighted by Gasteiger charge is -2.22. The molecule has 1 heterocycles. The van der Waals surface area contributed by atoms with E-state index in [0.29, 0.717) is 0 Å². The van der Waals surface area contributed by atoms with Gasteiger partial charge in [0, 0.05) is 39.2 Å². The summed E-state index contributed by atoms with van der Waals surface area (Å²) in [5.41, 5.74) is 0.